The van der Waals surface area contributed by atoms with Crippen molar-refractivity contribution in [3.05, 3.63) is 58.8 Å². The molecule has 1 N–H and O–H groups in total. The first kappa shape index (κ1) is 22.4. The quantitative estimate of drug-likeness (QED) is 0.589. The number of halogens is 1. The van der Waals surface area contributed by atoms with E-state index < -0.39 is 0 Å². The van der Waals surface area contributed by atoms with E-state index in [2.05, 4.69) is 30.3 Å². The van der Waals surface area contributed by atoms with Crippen molar-refractivity contribution in [3.63, 3.8) is 0 Å². The Hall–Kier alpha value is -2.33. The molecule has 30 heavy (non-hydrogen) atoms. The molecule has 0 radical (unpaired) electrons. The van der Waals surface area contributed by atoms with Gasteiger partial charge in [-0.05, 0) is 70.2 Å². The Labute approximate surface area is 185 Å². The first-order valence-electron chi connectivity index (χ1n) is 10.7. The number of allylic oxidation sites excluding steroid dienone is 1. The average molecular weight is 426 g/mol. The Kier molecular flexibility index (Phi) is 6.87. The summed E-state index contributed by atoms with van der Waals surface area (Å²) in [5.41, 5.74) is 3.90. The van der Waals surface area contributed by atoms with E-state index in [-0.39, 0.29) is 11.4 Å². The van der Waals surface area contributed by atoms with Crippen LogP contribution in [0.4, 0.5) is 0 Å². The van der Waals surface area contributed by atoms with Crippen molar-refractivity contribution in [1.82, 2.24) is 15.2 Å². The molecule has 3 rings (SSSR count). The van der Waals surface area contributed by atoms with Crippen LogP contribution in [0, 0.1) is 5.92 Å². The predicted octanol–water partition coefficient (Wildman–Crippen LogP) is 6.02. The summed E-state index contributed by atoms with van der Waals surface area (Å²) in [6, 6.07) is 11.3. The van der Waals surface area contributed by atoms with E-state index >= 15 is 0 Å². The highest BCUT2D eigenvalue weighted by molar-refractivity contribution is 6.30. The molecule has 160 valence electrons. The fourth-order valence-corrected chi connectivity index (χ4v) is 3.54. The predicted molar refractivity (Wildman–Crippen MR) is 126 cm³/mol. The second-order valence-electron chi connectivity index (χ2n) is 9.16. The standard InChI is InChI=1S/C25H32ClN3O/c1-6-7-23(29(5)16-17-8-9-17)22-15-19(24(30)28-25(2,3)4)14-21(27-22)18-10-12-20(26)13-11-18/h7,10-15,17H,6,8-9,16H2,1-5H3,(H,28,30)/b23-7-. The molecule has 5 heteroatoms. The monoisotopic (exact) mass is 425 g/mol. The number of benzene rings is 1. The van der Waals surface area contributed by atoms with E-state index in [4.69, 9.17) is 16.6 Å². The van der Waals surface area contributed by atoms with Crippen molar-refractivity contribution in [2.24, 2.45) is 5.92 Å². The molecule has 1 amide bonds. The van der Waals surface area contributed by atoms with Crippen LogP contribution in [0.25, 0.3) is 17.0 Å². The maximum atomic E-state index is 13.0. The van der Waals surface area contributed by atoms with Crippen LogP contribution in [0.2, 0.25) is 5.02 Å². The van der Waals surface area contributed by atoms with Crippen molar-refractivity contribution in [2.75, 3.05) is 13.6 Å². The van der Waals surface area contributed by atoms with Gasteiger partial charge in [0.05, 0.1) is 17.1 Å². The summed E-state index contributed by atoms with van der Waals surface area (Å²) in [7, 11) is 2.12. The van der Waals surface area contributed by atoms with Gasteiger partial charge in [0.15, 0.2) is 0 Å². The van der Waals surface area contributed by atoms with Crippen molar-refractivity contribution >= 4 is 23.2 Å². The van der Waals surface area contributed by atoms with E-state index in [0.717, 1.165) is 41.5 Å². The fourth-order valence-electron chi connectivity index (χ4n) is 3.41. The highest BCUT2D eigenvalue weighted by Crippen LogP contribution is 2.32. The molecule has 0 spiro atoms. The van der Waals surface area contributed by atoms with Gasteiger partial charge in [-0.25, -0.2) is 4.98 Å². The maximum Gasteiger partial charge on any atom is 0.251 e. The number of pyridine rings is 1. The highest BCUT2D eigenvalue weighted by Gasteiger charge is 2.25. The average Bonchev–Trinajstić information content (AvgIpc) is 3.48. The minimum Gasteiger partial charge on any atom is -0.373 e. The Morgan fingerprint density at radius 1 is 1.23 bits per heavy atom. The van der Waals surface area contributed by atoms with Crippen LogP contribution in [0.3, 0.4) is 0 Å². The minimum atomic E-state index is -0.314. The molecule has 1 heterocycles. The summed E-state index contributed by atoms with van der Waals surface area (Å²) >= 11 is 6.07. The second-order valence-corrected chi connectivity index (χ2v) is 9.60. The summed E-state index contributed by atoms with van der Waals surface area (Å²) in [6.45, 7) is 9.10. The van der Waals surface area contributed by atoms with Crippen LogP contribution in [0.5, 0.6) is 0 Å². The number of aromatic nitrogens is 1. The molecule has 1 aliphatic rings. The van der Waals surface area contributed by atoms with Crippen LogP contribution >= 0.6 is 11.6 Å². The number of nitrogens with one attached hydrogen (secondary N) is 1. The zero-order chi connectivity index (χ0) is 21.9. The second kappa shape index (κ2) is 9.22. The van der Waals surface area contributed by atoms with E-state index in [1.165, 1.54) is 12.8 Å². The number of hydrogen-bond acceptors (Lipinski definition) is 3. The third-order valence-electron chi connectivity index (χ3n) is 5.02. The number of carbonyl (C=O) groups excluding carboxylic acids is 1. The maximum absolute atomic E-state index is 13.0. The van der Waals surface area contributed by atoms with Crippen LogP contribution in [0.1, 0.15) is 63.0 Å². The Morgan fingerprint density at radius 3 is 2.47 bits per heavy atom. The number of amides is 1. The van der Waals surface area contributed by atoms with Gasteiger partial charge in [-0.1, -0.05) is 36.7 Å². The zero-order valence-corrected chi connectivity index (χ0v) is 19.4. The summed E-state index contributed by atoms with van der Waals surface area (Å²) in [6.07, 6.45) is 5.69. The Bertz CT molecular complexity index is 924. The smallest absolute Gasteiger partial charge is 0.251 e. The summed E-state index contributed by atoms with van der Waals surface area (Å²) in [5, 5.41) is 3.75. The van der Waals surface area contributed by atoms with Gasteiger partial charge in [0.25, 0.3) is 5.91 Å². The lowest BCUT2D eigenvalue weighted by molar-refractivity contribution is 0.0919. The minimum absolute atomic E-state index is 0.0953. The summed E-state index contributed by atoms with van der Waals surface area (Å²) in [5.74, 6) is 0.667. The molecule has 0 bridgehead atoms. The molecule has 0 atom stereocenters. The highest BCUT2D eigenvalue weighted by atomic mass is 35.5. The van der Waals surface area contributed by atoms with Gasteiger partial charge in [-0.15, -0.1) is 0 Å². The Balaban J connectivity index is 2.06. The molecule has 2 aromatic rings. The van der Waals surface area contributed by atoms with Crippen molar-refractivity contribution < 1.29 is 4.79 Å². The van der Waals surface area contributed by atoms with Crippen molar-refractivity contribution in [3.8, 4) is 11.3 Å². The molecule has 1 fully saturated rings. The molecule has 4 nitrogen and oxygen atoms in total. The normalized spacial score (nSPS) is 14.5. The lowest BCUT2D eigenvalue weighted by Gasteiger charge is -2.24. The SMILES string of the molecule is CC/C=C(/c1cc(C(=O)NC(C)(C)C)cc(-c2ccc(Cl)cc2)n1)N(C)CC1CC1. The lowest BCUT2D eigenvalue weighted by Crippen LogP contribution is -2.40. The van der Waals surface area contributed by atoms with Crippen molar-refractivity contribution in [2.45, 2.75) is 52.5 Å². The number of nitrogens with zero attached hydrogens (tertiary/aromatic N) is 2. The molecule has 0 unspecified atom stereocenters. The first-order chi connectivity index (χ1) is 14.2. The third kappa shape index (κ3) is 6.09. The van der Waals surface area contributed by atoms with Crippen LogP contribution in [0.15, 0.2) is 42.5 Å². The van der Waals surface area contributed by atoms with Crippen molar-refractivity contribution in [1.29, 1.82) is 0 Å². The van der Waals surface area contributed by atoms with E-state index in [0.29, 0.717) is 10.6 Å². The third-order valence-corrected chi connectivity index (χ3v) is 5.27. The summed E-state index contributed by atoms with van der Waals surface area (Å²) in [4.78, 5) is 20.2. The molecule has 1 saturated carbocycles. The first-order valence-corrected chi connectivity index (χ1v) is 11.1. The van der Waals surface area contributed by atoms with Gasteiger partial charge in [-0.2, -0.15) is 0 Å². The molecular formula is C25H32ClN3O. The summed E-state index contributed by atoms with van der Waals surface area (Å²) < 4.78 is 0. The molecule has 1 aromatic heterocycles. The van der Waals surface area contributed by atoms with Gasteiger partial charge in [0.1, 0.15) is 0 Å². The lowest BCUT2D eigenvalue weighted by atomic mass is 10.0. The van der Waals surface area contributed by atoms with Crippen LogP contribution in [-0.4, -0.2) is 34.9 Å². The molecular weight excluding hydrogens is 394 g/mol. The van der Waals surface area contributed by atoms with E-state index in [1.807, 2.05) is 57.2 Å². The van der Waals surface area contributed by atoms with Gasteiger partial charge in [0.2, 0.25) is 0 Å². The fraction of sp³-hybridized carbons (Fsp3) is 0.440. The molecule has 0 saturated heterocycles. The molecule has 1 aromatic carbocycles. The van der Waals surface area contributed by atoms with E-state index in [1.54, 1.807) is 0 Å². The van der Waals surface area contributed by atoms with Gasteiger partial charge >= 0.3 is 0 Å². The van der Waals surface area contributed by atoms with Crippen LogP contribution in [-0.2, 0) is 0 Å². The zero-order valence-electron chi connectivity index (χ0n) is 18.6. The van der Waals surface area contributed by atoms with Gasteiger partial charge < -0.3 is 10.2 Å². The molecule has 0 aliphatic heterocycles. The van der Waals surface area contributed by atoms with Gasteiger partial charge in [-0.3, -0.25) is 4.79 Å². The number of rotatable bonds is 7. The topological polar surface area (TPSA) is 45.2 Å². The van der Waals surface area contributed by atoms with Crippen LogP contribution < -0.4 is 5.32 Å². The van der Waals surface area contributed by atoms with E-state index in [9.17, 15) is 4.79 Å². The largest absolute Gasteiger partial charge is 0.373 e. The van der Waals surface area contributed by atoms with Gasteiger partial charge in [0, 0.05) is 35.3 Å². The number of carbonyl (C=O) groups is 1. The number of hydrogen-bond donors (Lipinski definition) is 1. The molecule has 1 aliphatic carbocycles. The Morgan fingerprint density at radius 2 is 1.90 bits per heavy atom.